The number of aromatic hydroxyl groups is 2. The number of rotatable bonds is 10. The molecule has 0 atom stereocenters. The number of phenols is 2. The number of hydrogen-bond acceptors (Lipinski definition) is 22. The fourth-order valence-electron chi connectivity index (χ4n) is 4.04. The lowest BCUT2D eigenvalue weighted by Crippen LogP contribution is -2.02. The van der Waals surface area contributed by atoms with Crippen molar-refractivity contribution in [1.82, 2.24) is 0 Å². The second kappa shape index (κ2) is 12.7. The molecule has 264 valence electrons. The van der Waals surface area contributed by atoms with Gasteiger partial charge in [0.25, 0.3) is 11.4 Å². The molecule has 0 aliphatic rings. The summed E-state index contributed by atoms with van der Waals surface area (Å²) in [5.41, 5.74) is -6.63. The summed E-state index contributed by atoms with van der Waals surface area (Å²) in [6.45, 7) is 0. The number of hydrogen-bond donors (Lipinski definition) is 2. The Kier molecular flexibility index (Phi) is 9.44. The summed E-state index contributed by atoms with van der Waals surface area (Å²) in [7, 11) is -22.6. The third kappa shape index (κ3) is 7.50. The fraction of sp³-hybridized carbons (Fsp3) is 0. The zero-order chi connectivity index (χ0) is 37.7. The highest BCUT2D eigenvalue weighted by molar-refractivity contribution is 7.86. The molecule has 24 nitrogen and oxygen atoms in total. The van der Waals surface area contributed by atoms with Gasteiger partial charge >= 0.3 is 0 Å². The molecule has 0 heterocycles. The molecule has 0 spiro atoms. The van der Waals surface area contributed by atoms with E-state index < -0.39 is 126 Å². The van der Waals surface area contributed by atoms with E-state index in [9.17, 15) is 82.3 Å². The predicted octanol–water partition coefficient (Wildman–Crippen LogP) is 2.51. The molecule has 50 heavy (non-hydrogen) atoms. The van der Waals surface area contributed by atoms with Crippen LogP contribution in [0.2, 0.25) is 0 Å². The average Bonchev–Trinajstić information content (AvgIpc) is 2.97. The van der Waals surface area contributed by atoms with Gasteiger partial charge in [0, 0.05) is 24.3 Å². The van der Waals surface area contributed by atoms with Gasteiger partial charge in [0.2, 0.25) is 0 Å². The van der Waals surface area contributed by atoms with Crippen LogP contribution in [0.3, 0.4) is 0 Å². The first-order valence-corrected chi connectivity index (χ1v) is 17.7. The Hall–Kier alpha value is -5.62. The molecule has 4 aromatic rings. The Morgan fingerprint density at radius 2 is 0.820 bits per heavy atom. The van der Waals surface area contributed by atoms with Crippen LogP contribution >= 0.6 is 0 Å². The molecule has 0 aromatic heterocycles. The summed E-state index contributed by atoms with van der Waals surface area (Å²) in [4.78, 5) is 14.0. The van der Waals surface area contributed by atoms with Crippen LogP contribution in [-0.4, -0.2) is 71.9 Å². The number of fused-ring (bicyclic) bond motifs is 1. The Morgan fingerprint density at radius 1 is 0.500 bits per heavy atom. The standard InChI is InChI=1S/C22H14N6O18S4/c29-21-18-9(5-16(49(41,42)43)19(21)25-23-12-3-1-10(27(31)32)7-14(12)47(35,36)37)6-17(50(44,45)46)20(22(18)30)26-24-13-4-2-11(28(33)34)8-15(13)48(38,39)40/h1-8,29-30H,(H,35,36,37)(H,38,39,40)(H,41,42,43)(H,44,45,46)/p-4. The molecular weight excluding hydrogens is 765 g/mol. The van der Waals surface area contributed by atoms with E-state index in [1.807, 2.05) is 0 Å². The molecular formula is C22H10N6O18S4-4. The summed E-state index contributed by atoms with van der Waals surface area (Å²) >= 11 is 0. The number of nitrogens with zero attached hydrogens (tertiary/aromatic N) is 6. The van der Waals surface area contributed by atoms with Crippen molar-refractivity contribution in [3.63, 3.8) is 0 Å². The fourth-order valence-corrected chi connectivity index (χ4v) is 6.59. The van der Waals surface area contributed by atoms with Crippen LogP contribution in [-0.2, 0) is 40.5 Å². The molecule has 0 saturated heterocycles. The molecule has 0 unspecified atom stereocenters. The van der Waals surface area contributed by atoms with Crippen LogP contribution in [0.4, 0.5) is 34.1 Å². The maximum Gasteiger partial charge on any atom is 0.270 e. The van der Waals surface area contributed by atoms with Crippen LogP contribution in [0.15, 0.2) is 88.6 Å². The number of benzene rings is 4. The molecule has 0 aliphatic heterocycles. The van der Waals surface area contributed by atoms with E-state index in [2.05, 4.69) is 20.5 Å². The molecule has 0 fully saturated rings. The molecule has 28 heteroatoms. The van der Waals surface area contributed by atoms with E-state index in [-0.39, 0.29) is 24.3 Å². The minimum absolute atomic E-state index is 0.255. The number of phenolic OH excluding ortho intramolecular Hbond substituents is 2. The van der Waals surface area contributed by atoms with E-state index in [0.717, 1.165) is 0 Å². The number of nitro groups is 2. The first-order chi connectivity index (χ1) is 22.8. The van der Waals surface area contributed by atoms with Crippen LogP contribution in [0, 0.1) is 20.2 Å². The van der Waals surface area contributed by atoms with Crippen molar-refractivity contribution in [2.45, 2.75) is 19.6 Å². The van der Waals surface area contributed by atoms with E-state index in [4.69, 9.17) is 0 Å². The van der Waals surface area contributed by atoms with Gasteiger partial charge in [0.05, 0.1) is 34.8 Å². The molecule has 4 rings (SSSR count). The number of nitro benzene ring substituents is 2. The zero-order valence-electron chi connectivity index (χ0n) is 23.4. The maximum absolute atomic E-state index is 12.1. The van der Waals surface area contributed by atoms with Crippen molar-refractivity contribution < 1.29 is 71.9 Å². The largest absolute Gasteiger partial charge is 0.744 e. The molecule has 0 saturated carbocycles. The van der Waals surface area contributed by atoms with Gasteiger partial charge in [-0.25, -0.2) is 33.7 Å². The van der Waals surface area contributed by atoms with Gasteiger partial charge in [-0.2, -0.15) is 0 Å². The van der Waals surface area contributed by atoms with Crippen molar-refractivity contribution in [3.8, 4) is 11.5 Å². The van der Waals surface area contributed by atoms with Crippen molar-refractivity contribution in [1.29, 1.82) is 0 Å². The van der Waals surface area contributed by atoms with Gasteiger partial charge in [-0.05, 0) is 29.7 Å². The lowest BCUT2D eigenvalue weighted by Gasteiger charge is -2.17. The van der Waals surface area contributed by atoms with Crippen molar-refractivity contribution in [2.75, 3.05) is 0 Å². The van der Waals surface area contributed by atoms with Gasteiger partial charge in [0.15, 0.2) is 11.5 Å². The zero-order valence-corrected chi connectivity index (χ0v) is 26.6. The quantitative estimate of drug-likeness (QED) is 0.101. The van der Waals surface area contributed by atoms with Gasteiger partial charge < -0.3 is 28.4 Å². The van der Waals surface area contributed by atoms with E-state index in [1.54, 1.807) is 0 Å². The second-order valence-electron chi connectivity index (χ2n) is 9.28. The van der Waals surface area contributed by atoms with Crippen molar-refractivity contribution in [2.24, 2.45) is 20.5 Å². The SMILES string of the molecule is O=[N+]([O-])c1ccc(N=Nc2c(S(=O)(=O)[O-])cc3cc(S(=O)(=O)[O-])c(N=Nc4ccc([N+](=O)[O-])cc4S(=O)(=O)[O-])c(O)c3c2O)c(S(=O)(=O)[O-])c1. The Morgan fingerprint density at radius 3 is 1.10 bits per heavy atom. The summed E-state index contributed by atoms with van der Waals surface area (Å²) in [6, 6.07) is 3.43. The number of azo groups is 2. The Bertz CT molecular complexity index is 2500. The molecule has 0 aliphatic carbocycles. The molecule has 0 radical (unpaired) electrons. The summed E-state index contributed by atoms with van der Waals surface area (Å²) < 4.78 is 143. The topological polar surface area (TPSA) is 405 Å². The smallest absolute Gasteiger partial charge is 0.270 e. The van der Waals surface area contributed by atoms with Crippen LogP contribution < -0.4 is 0 Å². The van der Waals surface area contributed by atoms with Gasteiger partial charge in [-0.3, -0.25) is 20.2 Å². The molecule has 4 aromatic carbocycles. The molecule has 0 bridgehead atoms. The van der Waals surface area contributed by atoms with Crippen LogP contribution in [0.5, 0.6) is 11.5 Å². The monoisotopic (exact) mass is 774 g/mol. The van der Waals surface area contributed by atoms with Crippen molar-refractivity contribution in [3.05, 3.63) is 68.8 Å². The highest BCUT2D eigenvalue weighted by atomic mass is 32.2. The second-order valence-corrected chi connectivity index (χ2v) is 14.7. The highest BCUT2D eigenvalue weighted by Crippen LogP contribution is 2.50. The van der Waals surface area contributed by atoms with Gasteiger partial charge in [-0.1, -0.05) is 0 Å². The number of non-ortho nitro benzene ring substituents is 2. The third-order valence-electron chi connectivity index (χ3n) is 6.15. The van der Waals surface area contributed by atoms with Gasteiger partial charge in [-0.15, -0.1) is 20.5 Å². The van der Waals surface area contributed by atoms with Crippen LogP contribution in [0.1, 0.15) is 0 Å². The maximum atomic E-state index is 12.1. The lowest BCUT2D eigenvalue weighted by atomic mass is 10.1. The Balaban J connectivity index is 2.07. The normalized spacial score (nSPS) is 13.0. The van der Waals surface area contributed by atoms with Crippen LogP contribution in [0.25, 0.3) is 10.8 Å². The summed E-state index contributed by atoms with van der Waals surface area (Å²) in [6.07, 6.45) is 0. The van der Waals surface area contributed by atoms with E-state index in [1.165, 1.54) is 0 Å². The van der Waals surface area contributed by atoms with Gasteiger partial charge in [0.1, 0.15) is 63.2 Å². The highest BCUT2D eigenvalue weighted by Gasteiger charge is 2.26. The summed E-state index contributed by atoms with van der Waals surface area (Å²) in [5.74, 6) is -3.12. The third-order valence-corrected chi connectivity index (χ3v) is 9.58. The van der Waals surface area contributed by atoms with Crippen molar-refractivity contribution >= 4 is 85.4 Å². The average molecular weight is 775 g/mol. The summed E-state index contributed by atoms with van der Waals surface area (Å²) in [5, 5.41) is 55.1. The Labute approximate surface area is 277 Å². The first-order valence-electron chi connectivity index (χ1n) is 12.1. The minimum atomic E-state index is -5.77. The minimum Gasteiger partial charge on any atom is -0.744 e. The molecule has 0 amide bonds. The van der Waals surface area contributed by atoms with E-state index in [0.29, 0.717) is 24.3 Å². The molecule has 2 N–H and O–H groups in total. The predicted molar refractivity (Wildman–Crippen MR) is 154 cm³/mol. The van der Waals surface area contributed by atoms with E-state index >= 15 is 0 Å². The first kappa shape index (κ1) is 37.2. The lowest BCUT2D eigenvalue weighted by molar-refractivity contribution is -0.385.